The number of hydrogen-bond donors (Lipinski definition) is 1. The van der Waals surface area contributed by atoms with Gasteiger partial charge in [-0.15, -0.1) is 0 Å². The molecule has 14 heteroatoms. The van der Waals surface area contributed by atoms with Gasteiger partial charge in [-0.3, -0.25) is 24.0 Å². The zero-order valence-electron chi connectivity index (χ0n) is 25.6. The molecule has 0 saturated heterocycles. The van der Waals surface area contributed by atoms with Gasteiger partial charge in [0, 0.05) is 34.3 Å². The number of nitro benzene ring substituents is 1. The van der Waals surface area contributed by atoms with Crippen LogP contribution in [-0.4, -0.2) is 55.8 Å². The van der Waals surface area contributed by atoms with E-state index in [4.69, 9.17) is 27.9 Å². The lowest BCUT2D eigenvalue weighted by molar-refractivity contribution is -0.385. The maximum atomic E-state index is 14.3. The van der Waals surface area contributed by atoms with E-state index in [9.17, 15) is 28.1 Å². The van der Waals surface area contributed by atoms with Crippen LogP contribution >= 0.6 is 23.2 Å². The van der Waals surface area contributed by atoms with Crippen LogP contribution in [0.15, 0.2) is 65.6 Å². The molecule has 0 radical (unpaired) electrons. The molecule has 11 nitrogen and oxygen atoms in total. The van der Waals surface area contributed by atoms with Gasteiger partial charge in [-0.25, -0.2) is 8.42 Å². The van der Waals surface area contributed by atoms with Gasteiger partial charge in [0.05, 0.1) is 22.6 Å². The SMILES string of the molecule is CCC(C)NC(=O)C(CC)N(Cc1ccc(Cl)cc1)C(=O)CN(c1cc(Cl)ccc1OC)S(=O)(=O)c1ccc(C)c([N+](=O)[O-])c1. The molecule has 2 amide bonds. The van der Waals surface area contributed by atoms with Gasteiger partial charge in [-0.05, 0) is 68.7 Å². The maximum absolute atomic E-state index is 14.3. The van der Waals surface area contributed by atoms with Crippen molar-refractivity contribution < 1.29 is 27.7 Å². The van der Waals surface area contributed by atoms with Crippen LogP contribution in [0, 0.1) is 17.0 Å². The number of halogens is 2. The minimum atomic E-state index is -4.63. The Labute approximate surface area is 273 Å². The van der Waals surface area contributed by atoms with Gasteiger partial charge < -0.3 is 15.0 Å². The normalized spacial score (nSPS) is 12.6. The number of sulfonamides is 1. The molecule has 0 aromatic heterocycles. The summed E-state index contributed by atoms with van der Waals surface area (Å²) in [5, 5.41) is 15.2. The minimum Gasteiger partial charge on any atom is -0.495 e. The summed E-state index contributed by atoms with van der Waals surface area (Å²) in [6, 6.07) is 13.4. The predicted octanol–water partition coefficient (Wildman–Crippen LogP) is 6.14. The number of carbonyl (C=O) groups excluding carboxylic acids is 2. The van der Waals surface area contributed by atoms with E-state index >= 15 is 0 Å². The molecule has 0 aliphatic heterocycles. The number of nitro groups is 1. The molecule has 45 heavy (non-hydrogen) atoms. The predicted molar refractivity (Wildman–Crippen MR) is 174 cm³/mol. The fourth-order valence-corrected chi connectivity index (χ4v) is 6.32. The van der Waals surface area contributed by atoms with Crippen molar-refractivity contribution >= 4 is 56.4 Å². The summed E-state index contributed by atoms with van der Waals surface area (Å²) in [7, 11) is -3.31. The van der Waals surface area contributed by atoms with Crippen molar-refractivity contribution in [1.82, 2.24) is 10.2 Å². The monoisotopic (exact) mass is 678 g/mol. The van der Waals surface area contributed by atoms with E-state index in [1.807, 2.05) is 13.8 Å². The lowest BCUT2D eigenvalue weighted by Crippen LogP contribution is -2.53. The highest BCUT2D eigenvalue weighted by Gasteiger charge is 2.36. The molecule has 0 saturated carbocycles. The van der Waals surface area contributed by atoms with Crippen molar-refractivity contribution in [2.75, 3.05) is 18.0 Å². The van der Waals surface area contributed by atoms with Crippen molar-refractivity contribution in [2.45, 2.75) is 64.1 Å². The van der Waals surface area contributed by atoms with Crippen molar-refractivity contribution in [3.8, 4) is 5.75 Å². The first kappa shape index (κ1) is 35.6. The number of benzene rings is 3. The molecule has 0 fully saturated rings. The summed E-state index contributed by atoms with van der Waals surface area (Å²) >= 11 is 12.3. The molecule has 2 unspecified atom stereocenters. The largest absolute Gasteiger partial charge is 0.495 e. The van der Waals surface area contributed by atoms with Crippen LogP contribution in [-0.2, 0) is 26.2 Å². The first-order valence-corrected chi connectivity index (χ1v) is 16.4. The molecular weight excluding hydrogens is 643 g/mol. The van der Waals surface area contributed by atoms with Gasteiger partial charge in [0.1, 0.15) is 18.3 Å². The average molecular weight is 680 g/mol. The Morgan fingerprint density at radius 3 is 2.22 bits per heavy atom. The van der Waals surface area contributed by atoms with E-state index in [0.717, 1.165) is 10.4 Å². The van der Waals surface area contributed by atoms with Crippen molar-refractivity contribution in [3.63, 3.8) is 0 Å². The number of aryl methyl sites for hydroxylation is 1. The zero-order valence-corrected chi connectivity index (χ0v) is 27.9. The van der Waals surface area contributed by atoms with Crippen molar-refractivity contribution in [3.05, 3.63) is 92.0 Å². The summed E-state index contributed by atoms with van der Waals surface area (Å²) in [6.45, 7) is 6.19. The Balaban J connectivity index is 2.18. The highest BCUT2D eigenvalue weighted by molar-refractivity contribution is 7.92. The third-order valence-corrected chi connectivity index (χ3v) is 9.55. The maximum Gasteiger partial charge on any atom is 0.273 e. The van der Waals surface area contributed by atoms with E-state index in [2.05, 4.69) is 5.32 Å². The summed E-state index contributed by atoms with van der Waals surface area (Å²) in [5.41, 5.74) is 0.447. The van der Waals surface area contributed by atoms with Crippen LogP contribution in [0.4, 0.5) is 11.4 Å². The quantitative estimate of drug-likeness (QED) is 0.160. The second-order valence-electron chi connectivity index (χ2n) is 10.4. The number of amides is 2. The molecule has 3 aromatic rings. The molecular formula is C31H36Cl2N4O7S. The number of nitrogens with zero attached hydrogens (tertiary/aromatic N) is 3. The third-order valence-electron chi connectivity index (χ3n) is 7.31. The Hall–Kier alpha value is -3.87. The van der Waals surface area contributed by atoms with Crippen LogP contribution in [0.1, 0.15) is 44.7 Å². The van der Waals surface area contributed by atoms with E-state index < -0.39 is 49.9 Å². The Morgan fingerprint density at radius 2 is 1.64 bits per heavy atom. The molecule has 1 N–H and O–H groups in total. The first-order valence-electron chi connectivity index (χ1n) is 14.2. The lowest BCUT2D eigenvalue weighted by atomic mass is 10.1. The van der Waals surface area contributed by atoms with Gasteiger partial charge in [0.15, 0.2) is 0 Å². The van der Waals surface area contributed by atoms with E-state index in [1.54, 1.807) is 31.2 Å². The second kappa shape index (κ2) is 15.4. The molecule has 2 atom stereocenters. The van der Waals surface area contributed by atoms with Crippen molar-refractivity contribution in [2.24, 2.45) is 0 Å². The van der Waals surface area contributed by atoms with Gasteiger partial charge in [0.2, 0.25) is 11.8 Å². The Morgan fingerprint density at radius 1 is 1.00 bits per heavy atom. The summed E-state index contributed by atoms with van der Waals surface area (Å²) in [5.74, 6) is -1.01. The fourth-order valence-electron chi connectivity index (χ4n) is 4.59. The fraction of sp³-hybridized carbons (Fsp3) is 0.355. The topological polar surface area (TPSA) is 139 Å². The Kier molecular flexibility index (Phi) is 12.2. The first-order chi connectivity index (χ1) is 21.2. The zero-order chi connectivity index (χ0) is 33.5. The van der Waals surface area contributed by atoms with E-state index in [-0.39, 0.29) is 41.0 Å². The van der Waals surface area contributed by atoms with Gasteiger partial charge >= 0.3 is 0 Å². The molecule has 242 valence electrons. The molecule has 0 bridgehead atoms. The van der Waals surface area contributed by atoms with E-state index in [0.29, 0.717) is 17.0 Å². The standard InChI is InChI=1S/C31H36Cl2N4O7S/c1-6-21(4)34-31(39)26(7-2)35(18-22-9-11-23(32)12-10-22)30(38)19-36(28-16-24(33)13-15-29(28)44-5)45(42,43)25-14-8-20(3)27(17-25)37(40)41/h8-17,21,26H,6-7,18-19H2,1-5H3,(H,34,39). The number of ether oxygens (including phenoxy) is 1. The van der Waals surface area contributed by atoms with Crippen molar-refractivity contribution in [1.29, 1.82) is 0 Å². The summed E-state index contributed by atoms with van der Waals surface area (Å²) in [6.07, 6.45) is 0.898. The van der Waals surface area contributed by atoms with Crippen LogP contribution in [0.3, 0.4) is 0 Å². The second-order valence-corrected chi connectivity index (χ2v) is 13.2. The molecule has 0 heterocycles. The van der Waals surface area contributed by atoms with Gasteiger partial charge in [-0.1, -0.05) is 55.2 Å². The molecule has 0 aliphatic rings. The smallest absolute Gasteiger partial charge is 0.273 e. The Bertz CT molecular complexity index is 1650. The summed E-state index contributed by atoms with van der Waals surface area (Å²) in [4.78, 5) is 39.6. The number of anilines is 1. The van der Waals surface area contributed by atoms with Crippen LogP contribution in [0.5, 0.6) is 5.75 Å². The number of hydrogen-bond acceptors (Lipinski definition) is 7. The minimum absolute atomic E-state index is 0.0288. The molecule has 0 aliphatic carbocycles. The molecule has 3 rings (SSSR count). The van der Waals surface area contributed by atoms with Crippen LogP contribution in [0.25, 0.3) is 0 Å². The van der Waals surface area contributed by atoms with E-state index in [1.165, 1.54) is 49.3 Å². The molecule has 0 spiro atoms. The summed E-state index contributed by atoms with van der Waals surface area (Å²) < 4.78 is 34.7. The van der Waals surface area contributed by atoms with Crippen LogP contribution in [0.2, 0.25) is 10.0 Å². The van der Waals surface area contributed by atoms with Gasteiger partial charge in [-0.2, -0.15) is 0 Å². The van der Waals surface area contributed by atoms with Crippen LogP contribution < -0.4 is 14.4 Å². The average Bonchev–Trinajstić information content (AvgIpc) is 3.00. The number of carbonyl (C=O) groups is 2. The van der Waals surface area contributed by atoms with Gasteiger partial charge in [0.25, 0.3) is 15.7 Å². The molecule has 3 aromatic carbocycles. The highest BCUT2D eigenvalue weighted by Crippen LogP contribution is 2.36. The number of nitrogens with one attached hydrogen (secondary N) is 1. The lowest BCUT2D eigenvalue weighted by Gasteiger charge is -2.34. The number of methoxy groups -OCH3 is 1. The highest BCUT2D eigenvalue weighted by atomic mass is 35.5. The number of rotatable bonds is 14. The third kappa shape index (κ3) is 8.65.